The summed E-state index contributed by atoms with van der Waals surface area (Å²) >= 11 is 0. The summed E-state index contributed by atoms with van der Waals surface area (Å²) in [5.41, 5.74) is 17.3. The zero-order valence-corrected chi connectivity index (χ0v) is 21.4. The second-order valence-electron chi connectivity index (χ2n) is 9.67. The lowest BCUT2D eigenvalue weighted by molar-refractivity contribution is 1.36. The van der Waals surface area contributed by atoms with Crippen LogP contribution in [0, 0.1) is 0 Å². The van der Waals surface area contributed by atoms with Crippen molar-refractivity contribution in [1.82, 2.24) is 0 Å². The van der Waals surface area contributed by atoms with Crippen LogP contribution in [0.25, 0.3) is 55.6 Å². The van der Waals surface area contributed by atoms with Crippen LogP contribution in [0.1, 0.15) is 5.56 Å². The van der Waals surface area contributed by atoms with E-state index in [1.165, 1.54) is 33.4 Å². The number of benzene rings is 6. The summed E-state index contributed by atoms with van der Waals surface area (Å²) in [4.78, 5) is 0. The van der Waals surface area contributed by atoms with E-state index in [0.29, 0.717) is 0 Å². The van der Waals surface area contributed by atoms with Crippen LogP contribution in [0.5, 0.6) is 0 Å². The summed E-state index contributed by atoms with van der Waals surface area (Å²) in [6, 6.07) is 51.5. The average Bonchev–Trinajstić information content (AvgIpc) is 3.21. The number of hydrogen-bond donors (Lipinski definition) is 1. The van der Waals surface area contributed by atoms with E-state index in [2.05, 4.69) is 151 Å². The Morgan fingerprint density at radius 1 is 0.359 bits per heavy atom. The molecule has 2 nitrogen and oxygen atoms in total. The molecule has 0 radical (unpaired) electrons. The second-order valence-corrected chi connectivity index (χ2v) is 9.67. The van der Waals surface area contributed by atoms with E-state index in [9.17, 15) is 0 Å². The fourth-order valence-electron chi connectivity index (χ4n) is 5.71. The number of rotatable bonds is 4. The molecule has 0 fully saturated rings. The van der Waals surface area contributed by atoms with Crippen LogP contribution in [-0.4, -0.2) is 6.21 Å². The van der Waals surface area contributed by atoms with Gasteiger partial charge < -0.3 is 0 Å². The van der Waals surface area contributed by atoms with E-state index in [-0.39, 0.29) is 0 Å². The van der Waals surface area contributed by atoms with Crippen molar-refractivity contribution in [2.45, 2.75) is 0 Å². The molecule has 1 aliphatic rings. The summed E-state index contributed by atoms with van der Waals surface area (Å²) in [6.45, 7) is 0. The Kier molecular flexibility index (Phi) is 5.84. The summed E-state index contributed by atoms with van der Waals surface area (Å²) in [5, 5.41) is 4.74. The highest BCUT2D eigenvalue weighted by Crippen LogP contribution is 2.55. The van der Waals surface area contributed by atoms with Gasteiger partial charge >= 0.3 is 0 Å². The van der Waals surface area contributed by atoms with Crippen LogP contribution in [0.4, 0.5) is 5.69 Å². The van der Waals surface area contributed by atoms with Crippen LogP contribution in [0.15, 0.2) is 151 Å². The van der Waals surface area contributed by atoms with Crippen LogP contribution in [0.3, 0.4) is 0 Å². The Morgan fingerprint density at radius 2 is 0.744 bits per heavy atom. The van der Waals surface area contributed by atoms with Gasteiger partial charge in [0.2, 0.25) is 0 Å². The zero-order chi connectivity index (χ0) is 26.0. The van der Waals surface area contributed by atoms with Crippen molar-refractivity contribution in [3.05, 3.63) is 151 Å². The van der Waals surface area contributed by atoms with Crippen LogP contribution >= 0.6 is 0 Å². The van der Waals surface area contributed by atoms with Crippen molar-refractivity contribution in [2.75, 3.05) is 5.43 Å². The lowest BCUT2D eigenvalue weighted by Crippen LogP contribution is -2.03. The molecular weight excluding hydrogens is 472 g/mol. The summed E-state index contributed by atoms with van der Waals surface area (Å²) in [6.07, 6.45) is 1.93. The van der Waals surface area contributed by atoms with Gasteiger partial charge in [0.05, 0.1) is 11.9 Å². The van der Waals surface area contributed by atoms with Gasteiger partial charge in [-0.05, 0) is 33.4 Å². The van der Waals surface area contributed by atoms with Crippen LogP contribution in [-0.2, 0) is 0 Å². The fourth-order valence-corrected chi connectivity index (χ4v) is 5.71. The Labute approximate surface area is 228 Å². The van der Waals surface area contributed by atoms with Gasteiger partial charge in [-0.25, -0.2) is 0 Å². The quantitative estimate of drug-likeness (QED) is 0.257. The van der Waals surface area contributed by atoms with E-state index in [0.717, 1.165) is 33.5 Å². The molecule has 7 rings (SSSR count). The summed E-state index contributed by atoms with van der Waals surface area (Å²) in [7, 11) is 0. The molecule has 184 valence electrons. The Hall–Kier alpha value is -5.21. The van der Waals surface area contributed by atoms with Gasteiger partial charge in [-0.15, -0.1) is 0 Å². The zero-order valence-electron chi connectivity index (χ0n) is 21.4. The number of nitrogens with zero attached hydrogens (tertiary/aromatic N) is 1. The number of fused-ring (bicyclic) bond motifs is 3. The standard InChI is InChI=1S/C37H26N2/c1-5-15-26(16-6-1)32-33(27-17-7-2-8-18-27)35(29-21-11-4-12-22-29)37-36(34(32)28-19-9-3-10-20-28)31-24-14-13-23-30(31)25-38-39-37/h1-25,39H. The number of hydrazone groups is 1. The Bertz CT molecular complexity index is 1790. The molecule has 1 aliphatic heterocycles. The molecule has 0 amide bonds. The third kappa shape index (κ3) is 4.03. The molecule has 6 aromatic rings. The van der Waals surface area contributed by atoms with Gasteiger partial charge in [-0.1, -0.05) is 146 Å². The van der Waals surface area contributed by atoms with Crippen molar-refractivity contribution >= 4 is 11.9 Å². The van der Waals surface area contributed by atoms with E-state index in [1.807, 2.05) is 6.21 Å². The molecule has 1 heterocycles. The molecule has 2 heteroatoms. The lowest BCUT2D eigenvalue weighted by atomic mass is 9.77. The third-order valence-electron chi connectivity index (χ3n) is 7.36. The molecular formula is C37H26N2. The van der Waals surface area contributed by atoms with E-state index >= 15 is 0 Å². The van der Waals surface area contributed by atoms with Crippen molar-refractivity contribution in [3.63, 3.8) is 0 Å². The Morgan fingerprint density at radius 3 is 1.26 bits per heavy atom. The molecule has 0 bridgehead atoms. The van der Waals surface area contributed by atoms with Crippen molar-refractivity contribution in [1.29, 1.82) is 0 Å². The molecule has 0 saturated heterocycles. The monoisotopic (exact) mass is 498 g/mol. The molecule has 39 heavy (non-hydrogen) atoms. The second kappa shape index (κ2) is 9.92. The smallest absolute Gasteiger partial charge is 0.0731 e. The molecule has 0 aliphatic carbocycles. The van der Waals surface area contributed by atoms with E-state index in [1.54, 1.807) is 0 Å². The first-order valence-corrected chi connectivity index (χ1v) is 13.2. The van der Waals surface area contributed by atoms with Gasteiger partial charge in [0, 0.05) is 27.8 Å². The maximum absolute atomic E-state index is 4.74. The van der Waals surface area contributed by atoms with E-state index in [4.69, 9.17) is 5.10 Å². The molecule has 0 aromatic heterocycles. The van der Waals surface area contributed by atoms with Crippen molar-refractivity contribution < 1.29 is 0 Å². The van der Waals surface area contributed by atoms with Gasteiger partial charge in [-0.3, -0.25) is 5.43 Å². The molecule has 0 spiro atoms. The van der Waals surface area contributed by atoms with Gasteiger partial charge in [0.15, 0.2) is 0 Å². The molecule has 1 N–H and O–H groups in total. The van der Waals surface area contributed by atoms with E-state index < -0.39 is 0 Å². The molecule has 0 unspecified atom stereocenters. The maximum Gasteiger partial charge on any atom is 0.0731 e. The first-order valence-electron chi connectivity index (χ1n) is 13.2. The highest BCUT2D eigenvalue weighted by Gasteiger charge is 2.29. The highest BCUT2D eigenvalue weighted by molar-refractivity contribution is 6.16. The number of hydrogen-bond acceptors (Lipinski definition) is 2. The van der Waals surface area contributed by atoms with Crippen molar-refractivity contribution in [2.24, 2.45) is 5.10 Å². The summed E-state index contributed by atoms with van der Waals surface area (Å²) in [5.74, 6) is 0. The Balaban J connectivity index is 1.77. The number of anilines is 1. The first-order chi connectivity index (χ1) is 19.4. The minimum absolute atomic E-state index is 1.01. The van der Waals surface area contributed by atoms with Crippen LogP contribution < -0.4 is 5.43 Å². The molecule has 6 aromatic carbocycles. The fraction of sp³-hybridized carbons (Fsp3) is 0. The third-order valence-corrected chi connectivity index (χ3v) is 7.36. The molecule has 0 atom stereocenters. The SMILES string of the molecule is C1=NNc2c(-c3ccccc3)c(-c3ccccc3)c(-c3ccccc3)c(-c3ccccc3)c2-c2ccccc21. The summed E-state index contributed by atoms with van der Waals surface area (Å²) < 4.78 is 0. The van der Waals surface area contributed by atoms with Gasteiger partial charge in [0.25, 0.3) is 0 Å². The first kappa shape index (κ1) is 22.9. The highest BCUT2D eigenvalue weighted by atomic mass is 15.3. The normalized spacial score (nSPS) is 11.7. The minimum atomic E-state index is 1.01. The van der Waals surface area contributed by atoms with Crippen LogP contribution in [0.2, 0.25) is 0 Å². The minimum Gasteiger partial charge on any atom is -0.277 e. The predicted octanol–water partition coefficient (Wildman–Crippen LogP) is 9.78. The lowest BCUT2D eigenvalue weighted by Gasteiger charge is -2.27. The molecule has 0 saturated carbocycles. The largest absolute Gasteiger partial charge is 0.277 e. The number of nitrogens with one attached hydrogen (secondary N) is 1. The average molecular weight is 499 g/mol. The van der Waals surface area contributed by atoms with Crippen molar-refractivity contribution in [3.8, 4) is 55.6 Å². The predicted molar refractivity (Wildman–Crippen MR) is 165 cm³/mol. The van der Waals surface area contributed by atoms with Gasteiger partial charge in [0.1, 0.15) is 0 Å². The topological polar surface area (TPSA) is 24.4 Å². The van der Waals surface area contributed by atoms with Gasteiger partial charge in [-0.2, -0.15) is 5.10 Å². The maximum atomic E-state index is 4.74.